The van der Waals surface area contributed by atoms with Crippen LogP contribution in [0.2, 0.25) is 0 Å². The number of rotatable bonds is 8. The highest BCUT2D eigenvalue weighted by molar-refractivity contribution is 7.13. The molecule has 58 heavy (non-hydrogen) atoms. The van der Waals surface area contributed by atoms with Crippen molar-refractivity contribution >= 4 is 45.7 Å². The first kappa shape index (κ1) is 40.9. The van der Waals surface area contributed by atoms with Gasteiger partial charge in [-0.05, 0) is 68.9 Å². The van der Waals surface area contributed by atoms with Crippen molar-refractivity contribution in [3.05, 3.63) is 76.6 Å². The summed E-state index contributed by atoms with van der Waals surface area (Å²) in [4.78, 5) is 52.6. The number of amides is 2. The Hall–Kier alpha value is -5.25. The number of methoxy groups -OCH3 is 1. The molecule has 2 fully saturated rings. The van der Waals surface area contributed by atoms with E-state index in [2.05, 4.69) is 10.6 Å². The number of allylic oxidation sites excluding steroid dienone is 1. The molecule has 5 atom stereocenters. The van der Waals surface area contributed by atoms with Gasteiger partial charge in [-0.25, -0.2) is 19.2 Å². The van der Waals surface area contributed by atoms with Crippen molar-refractivity contribution in [3.63, 3.8) is 0 Å². The van der Waals surface area contributed by atoms with Crippen molar-refractivity contribution in [2.45, 2.75) is 102 Å². The minimum atomic E-state index is -4.97. The molecule has 0 radical (unpaired) electrons. The number of anilines is 1. The summed E-state index contributed by atoms with van der Waals surface area (Å²) in [5.41, 5.74) is -0.317. The van der Waals surface area contributed by atoms with Gasteiger partial charge in [0, 0.05) is 40.4 Å². The highest BCUT2D eigenvalue weighted by Crippen LogP contribution is 2.46. The van der Waals surface area contributed by atoms with Crippen LogP contribution in [0, 0.1) is 18.7 Å². The number of carbonyl (C=O) groups is 3. The molecule has 2 amide bonds. The van der Waals surface area contributed by atoms with E-state index in [4.69, 9.17) is 19.4 Å². The molecular weight excluding hydrogens is 779 g/mol. The maximum absolute atomic E-state index is 14.7. The Morgan fingerprint density at radius 1 is 1.10 bits per heavy atom. The van der Waals surface area contributed by atoms with Crippen LogP contribution < -0.4 is 20.1 Å². The van der Waals surface area contributed by atoms with Crippen LogP contribution in [0.3, 0.4) is 0 Å². The Labute approximate surface area is 336 Å². The summed E-state index contributed by atoms with van der Waals surface area (Å²) in [5, 5.41) is 19.2. The molecule has 16 heteroatoms. The van der Waals surface area contributed by atoms with Gasteiger partial charge in [0.25, 0.3) is 0 Å². The number of aromatic nitrogens is 2. The molecule has 1 aliphatic carbocycles. The molecule has 1 saturated heterocycles. The molecule has 2 aromatic heterocycles. The lowest BCUT2D eigenvalue weighted by Crippen LogP contribution is -2.55. The Balaban J connectivity index is 1.26. The van der Waals surface area contributed by atoms with Crippen LogP contribution in [0.5, 0.6) is 11.5 Å². The van der Waals surface area contributed by atoms with Gasteiger partial charge in [0.1, 0.15) is 51.7 Å². The summed E-state index contributed by atoms with van der Waals surface area (Å²) in [6.07, 6.45) is 0.883. The summed E-state index contributed by atoms with van der Waals surface area (Å²) < 4.78 is 67.7. The molecule has 0 bridgehead atoms. The van der Waals surface area contributed by atoms with Gasteiger partial charge in [-0.1, -0.05) is 38.8 Å². The summed E-state index contributed by atoms with van der Waals surface area (Å²) >= 11 is 1.44. The Kier molecular flexibility index (Phi) is 11.4. The van der Waals surface area contributed by atoms with Crippen molar-refractivity contribution < 1.29 is 46.5 Å². The molecule has 11 nitrogen and oxygen atoms in total. The predicted molar refractivity (Wildman–Crippen MR) is 210 cm³/mol. The molecule has 1 saturated carbocycles. The maximum Gasteiger partial charge on any atom is 0.419 e. The number of pyridine rings is 1. The summed E-state index contributed by atoms with van der Waals surface area (Å²) in [7, 11) is 1.56. The van der Waals surface area contributed by atoms with Gasteiger partial charge in [0.15, 0.2) is 0 Å². The number of thiazole rings is 1. The van der Waals surface area contributed by atoms with Gasteiger partial charge in [-0.3, -0.25) is 9.59 Å². The molecule has 3 N–H and O–H groups in total. The number of ether oxygens (including phenoxy) is 2. The molecule has 3 aliphatic rings. The maximum atomic E-state index is 14.7. The van der Waals surface area contributed by atoms with E-state index in [-0.39, 0.29) is 37.4 Å². The molecule has 0 unspecified atom stereocenters. The smallest absolute Gasteiger partial charge is 0.419 e. The Morgan fingerprint density at radius 3 is 2.60 bits per heavy atom. The lowest BCUT2D eigenvalue weighted by Gasteiger charge is -2.30. The highest BCUT2D eigenvalue weighted by Gasteiger charge is 2.61. The van der Waals surface area contributed by atoms with Crippen molar-refractivity contribution in [2.24, 2.45) is 5.92 Å². The number of nitrogens with one attached hydrogen (secondary N) is 2. The number of hydrogen-bond donors (Lipinski definition) is 3. The van der Waals surface area contributed by atoms with Crippen LogP contribution >= 0.6 is 11.3 Å². The van der Waals surface area contributed by atoms with Gasteiger partial charge in [-0.15, -0.1) is 11.3 Å². The standard InChI is InChI=1S/C42H45F4N5O6S/c1-22(2)32-21-58-38(49-32)31-18-35(27-13-15-34(56-4)23(3)36(27)48-31)57-26-17-33-37(52)50-41(40(54)55)19-24(41)10-8-6-5-7-9-11-30(39(53)51(33)20-26)47-25-12-14-29(43)28(16-25)42(44,45)46/h8,10,12-16,18,21-22,24,26,30,33,47H,5-7,9,11,17,19-20H2,1-4H3,(H,50,52)(H,54,55)/t24-,26-,30+,33+,41-/m1/s1. The number of carboxylic acids is 1. The van der Waals surface area contributed by atoms with Gasteiger partial charge >= 0.3 is 12.1 Å². The van der Waals surface area contributed by atoms with E-state index in [0.717, 1.165) is 23.7 Å². The van der Waals surface area contributed by atoms with Crippen molar-refractivity contribution in [2.75, 3.05) is 19.0 Å². The number of aliphatic carboxylic acids is 1. The van der Waals surface area contributed by atoms with E-state index in [1.165, 1.54) is 16.2 Å². The van der Waals surface area contributed by atoms with Crippen LogP contribution in [-0.2, 0) is 20.6 Å². The number of carbonyl (C=O) groups excluding carboxylic acids is 2. The zero-order chi connectivity index (χ0) is 41.5. The number of fused-ring (bicyclic) bond motifs is 3. The van der Waals surface area contributed by atoms with Crippen LogP contribution in [-0.4, -0.2) is 75.1 Å². The van der Waals surface area contributed by atoms with Gasteiger partial charge in [0.05, 0.1) is 30.4 Å². The van der Waals surface area contributed by atoms with Crippen molar-refractivity contribution in [3.8, 4) is 22.2 Å². The predicted octanol–water partition coefficient (Wildman–Crippen LogP) is 8.27. The molecule has 0 spiro atoms. The van der Waals surface area contributed by atoms with Crippen molar-refractivity contribution in [1.29, 1.82) is 0 Å². The van der Waals surface area contributed by atoms with Crippen molar-refractivity contribution in [1.82, 2.24) is 20.2 Å². The minimum absolute atomic E-state index is 0.0156. The Bertz CT molecular complexity index is 2260. The van der Waals surface area contributed by atoms with Gasteiger partial charge in [0.2, 0.25) is 11.8 Å². The monoisotopic (exact) mass is 823 g/mol. The first-order valence-corrected chi connectivity index (χ1v) is 20.2. The number of halogens is 4. The van der Waals surface area contributed by atoms with E-state index >= 15 is 0 Å². The first-order valence-electron chi connectivity index (χ1n) is 19.4. The second kappa shape index (κ2) is 16.2. The highest BCUT2D eigenvalue weighted by atomic mass is 32.1. The molecule has 4 heterocycles. The van der Waals surface area contributed by atoms with Crippen LogP contribution in [0.25, 0.3) is 21.6 Å². The fourth-order valence-electron chi connectivity index (χ4n) is 7.84. The van der Waals surface area contributed by atoms with Gasteiger partial charge < -0.3 is 30.1 Å². The van der Waals surface area contributed by atoms with E-state index in [0.29, 0.717) is 64.5 Å². The number of hydrogen-bond acceptors (Lipinski definition) is 9. The second-order valence-electron chi connectivity index (χ2n) is 15.5. The third kappa shape index (κ3) is 8.20. The van der Waals surface area contributed by atoms with Crippen LogP contribution in [0.1, 0.15) is 81.5 Å². The van der Waals surface area contributed by atoms with E-state index in [1.54, 1.807) is 19.2 Å². The summed E-state index contributed by atoms with van der Waals surface area (Å²) in [6.45, 7) is 5.87. The average molecular weight is 824 g/mol. The quantitative estimate of drug-likeness (QED) is 0.118. The number of aryl methyl sites for hydroxylation is 1. The van der Waals surface area contributed by atoms with Gasteiger partial charge in [-0.2, -0.15) is 13.2 Å². The average Bonchev–Trinajstić information content (AvgIpc) is 3.46. The molecule has 2 aromatic carbocycles. The summed E-state index contributed by atoms with van der Waals surface area (Å²) in [6, 6.07) is 5.55. The number of nitrogens with zero attached hydrogens (tertiary/aromatic N) is 3. The van der Waals surface area contributed by atoms with E-state index in [9.17, 15) is 37.1 Å². The van der Waals surface area contributed by atoms with E-state index in [1.807, 2.05) is 44.4 Å². The fraction of sp³-hybridized carbons (Fsp3) is 0.452. The number of alkyl halides is 3. The van der Waals surface area contributed by atoms with E-state index < -0.39 is 65.0 Å². The lowest BCUT2D eigenvalue weighted by molar-refractivity contribution is -0.145. The van der Waals surface area contributed by atoms with Crippen LogP contribution in [0.4, 0.5) is 23.2 Å². The molecule has 2 aliphatic heterocycles. The zero-order valence-electron chi connectivity index (χ0n) is 32.5. The zero-order valence-corrected chi connectivity index (χ0v) is 33.3. The number of carboxylic acid groups (broad SMARTS) is 1. The fourth-order valence-corrected chi connectivity index (χ4v) is 8.78. The molecule has 4 aromatic rings. The molecular formula is C42H45F4N5O6S. The summed E-state index contributed by atoms with van der Waals surface area (Å²) in [5.74, 6) is -3.12. The largest absolute Gasteiger partial charge is 0.496 e. The third-order valence-corrected chi connectivity index (χ3v) is 12.1. The Morgan fingerprint density at radius 2 is 1.90 bits per heavy atom. The molecule has 308 valence electrons. The topological polar surface area (TPSA) is 143 Å². The number of benzene rings is 2. The minimum Gasteiger partial charge on any atom is -0.496 e. The second-order valence-corrected chi connectivity index (χ2v) is 16.4. The first-order chi connectivity index (χ1) is 27.6. The van der Waals surface area contributed by atoms with Crippen LogP contribution in [0.15, 0.2) is 53.9 Å². The lowest BCUT2D eigenvalue weighted by atomic mass is 10.0. The molecule has 7 rings (SSSR count). The SMILES string of the molecule is COc1ccc2c(O[C@@H]3C[C@H]4C(=O)N[C@]5(C(=O)O)C[C@H]5C=CCCCCC[C@H](Nc5ccc(F)c(C(F)(F)F)c5)C(=O)N4C3)cc(-c3nc(C(C)C)cs3)nc2c1C. The normalized spacial score (nSPS) is 24.1. The third-order valence-electron chi connectivity index (χ3n) is 11.2.